The number of carbonyl (C=O) groups excluding carboxylic acids is 1. The number of carboxylic acids is 1. The minimum Gasteiger partial charge on any atom is -0.477 e. The lowest BCUT2D eigenvalue weighted by molar-refractivity contribution is -0.117. The van der Waals surface area contributed by atoms with Gasteiger partial charge in [0.05, 0.1) is 6.42 Å². The Hall–Kier alpha value is -2.79. The molecule has 26 heavy (non-hydrogen) atoms. The maximum Gasteiger partial charge on any atom is 0.352 e. The highest BCUT2D eigenvalue weighted by Gasteiger charge is 2.24. The zero-order valence-electron chi connectivity index (χ0n) is 14.6. The second-order valence-electron chi connectivity index (χ2n) is 6.00. The van der Waals surface area contributed by atoms with Gasteiger partial charge in [-0.25, -0.2) is 4.79 Å². The average Bonchev–Trinajstić information content (AvgIpc) is 2.88. The van der Waals surface area contributed by atoms with Crippen LogP contribution in [-0.4, -0.2) is 28.1 Å². The molecular formula is C20H19ClN2O3. The number of amides is 1. The van der Waals surface area contributed by atoms with Gasteiger partial charge >= 0.3 is 5.97 Å². The van der Waals surface area contributed by atoms with Gasteiger partial charge in [0.1, 0.15) is 5.69 Å². The van der Waals surface area contributed by atoms with E-state index in [2.05, 4.69) is 0 Å². The molecule has 3 aromatic rings. The van der Waals surface area contributed by atoms with Crippen molar-refractivity contribution in [3.8, 4) is 0 Å². The number of anilines is 1. The van der Waals surface area contributed by atoms with Crippen LogP contribution in [-0.2, 0) is 18.3 Å². The molecule has 0 unspecified atom stereocenters. The quantitative estimate of drug-likeness (QED) is 0.734. The Kier molecular flexibility index (Phi) is 5.00. The molecule has 134 valence electrons. The zero-order chi connectivity index (χ0) is 18.8. The molecule has 0 saturated carbocycles. The van der Waals surface area contributed by atoms with E-state index in [1.165, 1.54) is 0 Å². The Balaban J connectivity index is 2.04. The van der Waals surface area contributed by atoms with Crippen LogP contribution in [0.2, 0.25) is 5.02 Å². The lowest BCUT2D eigenvalue weighted by atomic mass is 10.1. The van der Waals surface area contributed by atoms with E-state index in [1.54, 1.807) is 34.7 Å². The topological polar surface area (TPSA) is 62.5 Å². The average molecular weight is 371 g/mol. The van der Waals surface area contributed by atoms with Gasteiger partial charge in [0.25, 0.3) is 0 Å². The predicted octanol–water partition coefficient (Wildman–Crippen LogP) is 4.13. The van der Waals surface area contributed by atoms with E-state index in [4.69, 9.17) is 11.6 Å². The van der Waals surface area contributed by atoms with Crippen molar-refractivity contribution < 1.29 is 14.7 Å². The molecule has 0 radical (unpaired) electrons. The number of carboxylic acid groups (broad SMARTS) is 1. The summed E-state index contributed by atoms with van der Waals surface area (Å²) in [6.07, 6.45) is 0.00331. The van der Waals surface area contributed by atoms with E-state index < -0.39 is 5.97 Å². The van der Waals surface area contributed by atoms with Crippen LogP contribution < -0.4 is 4.90 Å². The smallest absolute Gasteiger partial charge is 0.352 e. The van der Waals surface area contributed by atoms with E-state index in [9.17, 15) is 14.7 Å². The highest BCUT2D eigenvalue weighted by Crippen LogP contribution is 2.27. The largest absolute Gasteiger partial charge is 0.477 e. The van der Waals surface area contributed by atoms with Crippen LogP contribution in [0.25, 0.3) is 10.9 Å². The standard InChI is InChI=1S/C20H19ClN2O3/c1-3-23(14-8-6-7-13(21)11-14)18(24)12-16-15-9-4-5-10-17(15)22(2)19(16)20(25)26/h4-11H,3,12H2,1-2H3,(H,25,26). The Labute approximate surface area is 156 Å². The molecule has 1 aromatic heterocycles. The SMILES string of the molecule is CCN(C(=O)Cc1c(C(=O)O)n(C)c2ccccc12)c1cccc(Cl)c1. The first-order valence-corrected chi connectivity index (χ1v) is 8.67. The number of likely N-dealkylation sites (N-methyl/N-ethyl adjacent to an activating group) is 1. The molecule has 0 fully saturated rings. The van der Waals surface area contributed by atoms with E-state index in [0.29, 0.717) is 22.8 Å². The van der Waals surface area contributed by atoms with Crippen molar-refractivity contribution in [2.45, 2.75) is 13.3 Å². The van der Waals surface area contributed by atoms with Crippen molar-refractivity contribution >= 4 is 40.1 Å². The monoisotopic (exact) mass is 370 g/mol. The fourth-order valence-corrected chi connectivity index (χ4v) is 3.50. The van der Waals surface area contributed by atoms with Gasteiger partial charge in [-0.05, 0) is 31.2 Å². The van der Waals surface area contributed by atoms with Gasteiger partial charge in [-0.2, -0.15) is 0 Å². The van der Waals surface area contributed by atoms with Crippen LogP contribution in [0, 0.1) is 0 Å². The molecule has 0 saturated heterocycles. The summed E-state index contributed by atoms with van der Waals surface area (Å²) in [4.78, 5) is 26.4. The number of aryl methyl sites for hydroxylation is 1. The van der Waals surface area contributed by atoms with Crippen molar-refractivity contribution in [2.24, 2.45) is 7.05 Å². The molecule has 0 aliphatic rings. The maximum atomic E-state index is 13.0. The van der Waals surface area contributed by atoms with Gasteiger partial charge in [-0.1, -0.05) is 35.9 Å². The van der Waals surface area contributed by atoms with Crippen LogP contribution in [0.15, 0.2) is 48.5 Å². The van der Waals surface area contributed by atoms with Crippen molar-refractivity contribution in [1.82, 2.24) is 4.57 Å². The third-order valence-corrected chi connectivity index (χ3v) is 4.71. The summed E-state index contributed by atoms with van der Waals surface area (Å²) < 4.78 is 1.62. The number of hydrogen-bond acceptors (Lipinski definition) is 2. The first kappa shape index (κ1) is 18.0. The molecule has 0 atom stereocenters. The first-order chi connectivity index (χ1) is 12.4. The van der Waals surface area contributed by atoms with Crippen molar-refractivity contribution in [1.29, 1.82) is 0 Å². The molecule has 1 heterocycles. The number of rotatable bonds is 5. The first-order valence-electron chi connectivity index (χ1n) is 8.29. The van der Waals surface area contributed by atoms with Crippen molar-refractivity contribution in [2.75, 3.05) is 11.4 Å². The number of halogens is 1. The number of fused-ring (bicyclic) bond motifs is 1. The summed E-state index contributed by atoms with van der Waals surface area (Å²) in [5.74, 6) is -1.22. The van der Waals surface area contributed by atoms with Crippen LogP contribution in [0.3, 0.4) is 0 Å². The third-order valence-electron chi connectivity index (χ3n) is 4.48. The number of hydrogen-bond donors (Lipinski definition) is 1. The molecule has 2 aromatic carbocycles. The number of aromatic carboxylic acids is 1. The lowest BCUT2D eigenvalue weighted by Crippen LogP contribution is -2.32. The van der Waals surface area contributed by atoms with Gasteiger partial charge in [-0.15, -0.1) is 0 Å². The van der Waals surface area contributed by atoms with E-state index in [1.807, 2.05) is 37.3 Å². The van der Waals surface area contributed by atoms with Gasteiger partial charge < -0.3 is 14.6 Å². The van der Waals surface area contributed by atoms with Gasteiger partial charge in [0.2, 0.25) is 5.91 Å². The molecule has 0 aliphatic carbocycles. The second kappa shape index (κ2) is 7.22. The van der Waals surface area contributed by atoms with Crippen LogP contribution >= 0.6 is 11.6 Å². The highest BCUT2D eigenvalue weighted by molar-refractivity contribution is 6.30. The number of aromatic nitrogens is 1. The number of carbonyl (C=O) groups is 2. The molecule has 5 nitrogen and oxygen atoms in total. The molecule has 6 heteroatoms. The summed E-state index contributed by atoms with van der Waals surface area (Å²) >= 11 is 6.04. The Bertz CT molecular complexity index is 994. The summed E-state index contributed by atoms with van der Waals surface area (Å²) in [5, 5.41) is 11.0. The van der Waals surface area contributed by atoms with E-state index in [0.717, 1.165) is 10.9 Å². The van der Waals surface area contributed by atoms with Gasteiger partial charge in [0.15, 0.2) is 0 Å². The molecule has 1 N–H and O–H groups in total. The van der Waals surface area contributed by atoms with E-state index >= 15 is 0 Å². The second-order valence-corrected chi connectivity index (χ2v) is 6.44. The van der Waals surface area contributed by atoms with Gasteiger partial charge in [-0.3, -0.25) is 4.79 Å². The summed E-state index contributed by atoms with van der Waals surface area (Å²) in [5.41, 5.74) is 2.16. The third kappa shape index (κ3) is 3.18. The fourth-order valence-electron chi connectivity index (χ4n) is 3.32. The number of nitrogens with zero attached hydrogens (tertiary/aromatic N) is 2. The minimum absolute atomic E-state index is 0.00331. The fraction of sp³-hybridized carbons (Fsp3) is 0.200. The van der Waals surface area contributed by atoms with Crippen molar-refractivity contribution in [3.05, 3.63) is 64.8 Å². The number of benzene rings is 2. The molecule has 3 rings (SSSR count). The molecule has 1 amide bonds. The number of para-hydroxylation sites is 1. The summed E-state index contributed by atoms with van der Waals surface area (Å²) in [7, 11) is 1.70. The molecule has 0 bridgehead atoms. The minimum atomic E-state index is -1.04. The lowest BCUT2D eigenvalue weighted by Gasteiger charge is -2.21. The molecular weight excluding hydrogens is 352 g/mol. The maximum absolute atomic E-state index is 13.0. The predicted molar refractivity (Wildman–Crippen MR) is 103 cm³/mol. The Morgan fingerprint density at radius 3 is 2.54 bits per heavy atom. The highest BCUT2D eigenvalue weighted by atomic mass is 35.5. The van der Waals surface area contributed by atoms with E-state index in [-0.39, 0.29) is 18.0 Å². The van der Waals surface area contributed by atoms with Crippen LogP contribution in [0.1, 0.15) is 23.0 Å². The van der Waals surface area contributed by atoms with Crippen molar-refractivity contribution in [3.63, 3.8) is 0 Å². The summed E-state index contributed by atoms with van der Waals surface area (Å²) in [6.45, 7) is 2.34. The Morgan fingerprint density at radius 1 is 1.15 bits per heavy atom. The zero-order valence-corrected chi connectivity index (χ0v) is 15.3. The Morgan fingerprint density at radius 2 is 1.88 bits per heavy atom. The van der Waals surface area contributed by atoms with Crippen LogP contribution in [0.5, 0.6) is 0 Å². The van der Waals surface area contributed by atoms with Crippen LogP contribution in [0.4, 0.5) is 5.69 Å². The summed E-state index contributed by atoms with van der Waals surface area (Å²) in [6, 6.07) is 14.5. The molecule has 0 aliphatic heterocycles. The normalized spacial score (nSPS) is 10.9. The molecule has 0 spiro atoms. The van der Waals surface area contributed by atoms with Gasteiger partial charge in [0, 0.05) is 40.8 Å².